The molecule has 2 fully saturated rings. The highest BCUT2D eigenvalue weighted by molar-refractivity contribution is 4.74. The molecule has 1 unspecified atom stereocenters. The Morgan fingerprint density at radius 2 is 1.70 bits per heavy atom. The van der Waals surface area contributed by atoms with Crippen molar-refractivity contribution in [1.82, 2.24) is 10.2 Å². The van der Waals surface area contributed by atoms with Crippen LogP contribution in [0, 0.1) is 5.92 Å². The molecule has 2 aliphatic rings. The van der Waals surface area contributed by atoms with Gasteiger partial charge in [-0.05, 0) is 51.1 Å². The summed E-state index contributed by atoms with van der Waals surface area (Å²) in [6, 6.07) is 0.817. The Kier molecular flexibility index (Phi) is 7.97. The fourth-order valence-electron chi connectivity index (χ4n) is 4.06. The molecule has 2 nitrogen and oxygen atoms in total. The monoisotopic (exact) mass is 280 g/mol. The van der Waals surface area contributed by atoms with E-state index in [-0.39, 0.29) is 0 Å². The minimum Gasteiger partial charge on any atom is -0.313 e. The van der Waals surface area contributed by atoms with Crippen molar-refractivity contribution >= 4 is 0 Å². The molecule has 0 aromatic rings. The third-order valence-electron chi connectivity index (χ3n) is 5.35. The second-order valence-corrected chi connectivity index (χ2v) is 7.07. The normalized spacial score (nSPS) is 27.1. The Morgan fingerprint density at radius 1 is 0.900 bits per heavy atom. The molecule has 1 N–H and O–H groups in total. The van der Waals surface area contributed by atoms with Crippen molar-refractivity contribution in [3.8, 4) is 0 Å². The van der Waals surface area contributed by atoms with E-state index >= 15 is 0 Å². The molecular formula is C18H36N2. The molecular weight excluding hydrogens is 244 g/mol. The largest absolute Gasteiger partial charge is 0.313 e. The Morgan fingerprint density at radius 3 is 2.45 bits per heavy atom. The number of hydrogen-bond donors (Lipinski definition) is 1. The van der Waals surface area contributed by atoms with Gasteiger partial charge in [0.1, 0.15) is 0 Å². The van der Waals surface area contributed by atoms with Crippen molar-refractivity contribution in [3.63, 3.8) is 0 Å². The van der Waals surface area contributed by atoms with Gasteiger partial charge in [0.15, 0.2) is 0 Å². The highest BCUT2D eigenvalue weighted by Gasteiger charge is 2.16. The van der Waals surface area contributed by atoms with E-state index in [9.17, 15) is 0 Å². The number of nitrogens with zero attached hydrogens (tertiary/aromatic N) is 1. The number of rotatable bonds is 6. The summed E-state index contributed by atoms with van der Waals surface area (Å²) >= 11 is 0. The van der Waals surface area contributed by atoms with Crippen LogP contribution >= 0.6 is 0 Å². The van der Waals surface area contributed by atoms with Gasteiger partial charge in [-0.2, -0.15) is 0 Å². The lowest BCUT2D eigenvalue weighted by Gasteiger charge is -2.23. The van der Waals surface area contributed by atoms with Crippen molar-refractivity contribution in [1.29, 1.82) is 0 Å². The van der Waals surface area contributed by atoms with Crippen LogP contribution < -0.4 is 5.32 Å². The fraction of sp³-hybridized carbons (Fsp3) is 1.00. The van der Waals surface area contributed by atoms with Crippen LogP contribution in [0.4, 0.5) is 0 Å². The number of nitrogens with one attached hydrogen (secondary N) is 1. The van der Waals surface area contributed by atoms with Crippen molar-refractivity contribution in [2.75, 3.05) is 26.2 Å². The lowest BCUT2D eigenvalue weighted by Crippen LogP contribution is -2.37. The second-order valence-electron chi connectivity index (χ2n) is 7.07. The third kappa shape index (κ3) is 6.13. The van der Waals surface area contributed by atoms with Crippen LogP contribution in [0.3, 0.4) is 0 Å². The average molecular weight is 280 g/mol. The van der Waals surface area contributed by atoms with E-state index in [2.05, 4.69) is 17.1 Å². The molecule has 2 rings (SSSR count). The van der Waals surface area contributed by atoms with E-state index in [1.165, 1.54) is 96.8 Å². The molecule has 1 atom stereocenters. The first-order chi connectivity index (χ1) is 9.88. The molecule has 0 spiro atoms. The first-order valence-corrected chi connectivity index (χ1v) is 9.34. The van der Waals surface area contributed by atoms with Crippen LogP contribution in [0.15, 0.2) is 0 Å². The molecule has 20 heavy (non-hydrogen) atoms. The molecule has 118 valence electrons. The van der Waals surface area contributed by atoms with Gasteiger partial charge >= 0.3 is 0 Å². The van der Waals surface area contributed by atoms with Crippen LogP contribution in [0.2, 0.25) is 0 Å². The maximum absolute atomic E-state index is 3.82. The molecule has 2 heteroatoms. The molecule has 0 aromatic carbocycles. The molecule has 0 aromatic heterocycles. The van der Waals surface area contributed by atoms with Crippen molar-refractivity contribution in [3.05, 3.63) is 0 Å². The van der Waals surface area contributed by atoms with E-state index < -0.39 is 0 Å². The lowest BCUT2D eigenvalue weighted by atomic mass is 9.96. The van der Waals surface area contributed by atoms with E-state index in [1.807, 2.05) is 0 Å². The van der Waals surface area contributed by atoms with Gasteiger partial charge in [0.05, 0.1) is 0 Å². The Labute approximate surface area is 126 Å². The predicted octanol–water partition coefficient (Wildman–Crippen LogP) is 4.20. The van der Waals surface area contributed by atoms with Crippen molar-refractivity contribution < 1.29 is 0 Å². The molecule has 0 radical (unpaired) electrons. The topological polar surface area (TPSA) is 15.3 Å². The zero-order chi connectivity index (χ0) is 14.0. The van der Waals surface area contributed by atoms with Gasteiger partial charge in [-0.25, -0.2) is 0 Å². The molecule has 1 saturated carbocycles. The van der Waals surface area contributed by atoms with Gasteiger partial charge in [-0.3, -0.25) is 0 Å². The first kappa shape index (κ1) is 16.3. The van der Waals surface area contributed by atoms with Gasteiger partial charge in [0.2, 0.25) is 0 Å². The van der Waals surface area contributed by atoms with E-state index in [0.717, 1.165) is 12.0 Å². The molecule has 0 bridgehead atoms. The summed E-state index contributed by atoms with van der Waals surface area (Å²) in [5, 5.41) is 3.82. The molecule has 1 saturated heterocycles. The van der Waals surface area contributed by atoms with Crippen LogP contribution in [-0.4, -0.2) is 37.1 Å². The molecule has 1 aliphatic carbocycles. The van der Waals surface area contributed by atoms with Gasteiger partial charge in [0.25, 0.3) is 0 Å². The summed E-state index contributed by atoms with van der Waals surface area (Å²) in [6.45, 7) is 7.50. The van der Waals surface area contributed by atoms with E-state index in [1.54, 1.807) is 0 Å². The lowest BCUT2D eigenvalue weighted by molar-refractivity contribution is 0.271. The van der Waals surface area contributed by atoms with Crippen molar-refractivity contribution in [2.24, 2.45) is 5.92 Å². The Bertz CT molecular complexity index is 234. The van der Waals surface area contributed by atoms with Crippen LogP contribution in [0.5, 0.6) is 0 Å². The van der Waals surface area contributed by atoms with Crippen LogP contribution in [0.25, 0.3) is 0 Å². The summed E-state index contributed by atoms with van der Waals surface area (Å²) < 4.78 is 0. The summed E-state index contributed by atoms with van der Waals surface area (Å²) in [5.41, 5.74) is 0. The average Bonchev–Trinajstić information content (AvgIpc) is 2.83. The summed E-state index contributed by atoms with van der Waals surface area (Å²) in [6.07, 6.45) is 15.8. The quantitative estimate of drug-likeness (QED) is 0.734. The van der Waals surface area contributed by atoms with Gasteiger partial charge < -0.3 is 10.2 Å². The third-order valence-corrected chi connectivity index (χ3v) is 5.35. The van der Waals surface area contributed by atoms with Gasteiger partial charge in [-0.15, -0.1) is 0 Å². The summed E-state index contributed by atoms with van der Waals surface area (Å²) in [7, 11) is 0. The summed E-state index contributed by atoms with van der Waals surface area (Å²) in [4.78, 5) is 2.71. The number of likely N-dealkylation sites (tertiary alicyclic amines) is 1. The standard InChI is InChI=1S/C18H36N2/c1-2-8-17-9-7-14-20(15-12-17)16-13-19-18-10-5-3-4-6-11-18/h17-19H,2-16H2,1H3. The predicted molar refractivity (Wildman–Crippen MR) is 88.2 cm³/mol. The highest BCUT2D eigenvalue weighted by atomic mass is 15.1. The zero-order valence-electron chi connectivity index (χ0n) is 13.7. The van der Waals surface area contributed by atoms with Gasteiger partial charge in [-0.1, -0.05) is 45.4 Å². The minimum atomic E-state index is 0.817. The minimum absolute atomic E-state index is 0.817. The Hall–Kier alpha value is -0.0800. The fourth-order valence-corrected chi connectivity index (χ4v) is 4.06. The van der Waals surface area contributed by atoms with E-state index in [0.29, 0.717) is 0 Å². The smallest absolute Gasteiger partial charge is 0.0107 e. The molecule has 1 aliphatic heterocycles. The van der Waals surface area contributed by atoms with Crippen molar-refractivity contribution in [2.45, 2.75) is 83.6 Å². The van der Waals surface area contributed by atoms with Crippen LogP contribution in [-0.2, 0) is 0 Å². The highest BCUT2D eigenvalue weighted by Crippen LogP contribution is 2.21. The van der Waals surface area contributed by atoms with Crippen LogP contribution in [0.1, 0.15) is 77.6 Å². The zero-order valence-corrected chi connectivity index (χ0v) is 13.7. The summed E-state index contributed by atoms with van der Waals surface area (Å²) in [5.74, 6) is 1.01. The maximum atomic E-state index is 3.82. The van der Waals surface area contributed by atoms with Gasteiger partial charge in [0, 0.05) is 19.1 Å². The molecule has 0 amide bonds. The first-order valence-electron chi connectivity index (χ1n) is 9.34. The molecule has 1 heterocycles. The second kappa shape index (κ2) is 9.78. The van der Waals surface area contributed by atoms with E-state index in [4.69, 9.17) is 0 Å². The SMILES string of the molecule is CCCC1CCCN(CCNC2CCCCCC2)CC1. The maximum Gasteiger partial charge on any atom is 0.0107 e. The Balaban J connectivity index is 1.59. The number of hydrogen-bond acceptors (Lipinski definition) is 2.